The lowest BCUT2D eigenvalue weighted by Gasteiger charge is -2.11. The molecule has 0 bridgehead atoms. The Labute approximate surface area is 91.9 Å². The summed E-state index contributed by atoms with van der Waals surface area (Å²) in [6, 6.07) is 1.76. The van der Waals surface area contributed by atoms with Crippen LogP contribution < -0.4 is 5.73 Å². The second-order valence-corrected chi connectivity index (χ2v) is 4.81. The van der Waals surface area contributed by atoms with Crippen molar-refractivity contribution in [3.8, 4) is 0 Å². The number of carboxylic acid groups (broad SMARTS) is 1. The van der Waals surface area contributed by atoms with Gasteiger partial charge in [0.05, 0.1) is 11.9 Å². The number of aliphatic carboxylic acids is 1. The Morgan fingerprint density at radius 2 is 2.40 bits per heavy atom. The van der Waals surface area contributed by atoms with Gasteiger partial charge in [0.1, 0.15) is 5.25 Å². The largest absolute Gasteiger partial charge is 0.480 e. The molecule has 1 aliphatic carbocycles. The summed E-state index contributed by atoms with van der Waals surface area (Å²) in [6.07, 6.45) is 5.20. The molecule has 1 fully saturated rings. The summed E-state index contributed by atoms with van der Waals surface area (Å²) in [4.78, 5) is 15.7. The van der Waals surface area contributed by atoms with Crippen molar-refractivity contribution in [1.29, 1.82) is 0 Å². The molecule has 0 aliphatic heterocycles. The highest BCUT2D eigenvalue weighted by molar-refractivity contribution is 8.00. The van der Waals surface area contributed by atoms with E-state index in [1.807, 2.05) is 0 Å². The number of nitrogens with two attached hydrogens (primary N) is 1. The van der Waals surface area contributed by atoms with Crippen LogP contribution in [0.3, 0.4) is 0 Å². The molecule has 1 saturated carbocycles. The molecule has 0 radical (unpaired) electrons. The Morgan fingerprint density at radius 3 is 2.93 bits per heavy atom. The zero-order valence-corrected chi connectivity index (χ0v) is 8.91. The lowest BCUT2D eigenvalue weighted by molar-refractivity contribution is -0.136. The van der Waals surface area contributed by atoms with Gasteiger partial charge in [0, 0.05) is 11.1 Å². The van der Waals surface area contributed by atoms with Gasteiger partial charge < -0.3 is 10.8 Å². The zero-order chi connectivity index (χ0) is 10.8. The molecule has 2 rings (SSSR count). The van der Waals surface area contributed by atoms with Gasteiger partial charge in [-0.25, -0.2) is 0 Å². The molecule has 0 amide bonds. The van der Waals surface area contributed by atoms with Gasteiger partial charge in [0.15, 0.2) is 0 Å². The van der Waals surface area contributed by atoms with Crippen LogP contribution in [0.25, 0.3) is 0 Å². The van der Waals surface area contributed by atoms with Gasteiger partial charge in [-0.1, -0.05) is 0 Å². The van der Waals surface area contributed by atoms with Crippen LogP contribution >= 0.6 is 11.8 Å². The van der Waals surface area contributed by atoms with Crippen LogP contribution in [-0.4, -0.2) is 21.3 Å². The number of hydrogen-bond acceptors (Lipinski definition) is 4. The molecule has 1 aromatic heterocycles. The zero-order valence-electron chi connectivity index (χ0n) is 8.09. The van der Waals surface area contributed by atoms with Gasteiger partial charge >= 0.3 is 5.97 Å². The molecular formula is C10H12N2O2S. The SMILES string of the molecule is Nc1cnccc1SC(C(=O)O)C1CC1. The summed E-state index contributed by atoms with van der Waals surface area (Å²) in [5.74, 6) is -0.446. The number of aromatic nitrogens is 1. The Balaban J connectivity index is 2.12. The predicted octanol–water partition coefficient (Wildman–Crippen LogP) is 1.62. The number of rotatable bonds is 4. The summed E-state index contributed by atoms with van der Waals surface area (Å²) in [5.41, 5.74) is 6.26. The fourth-order valence-electron chi connectivity index (χ4n) is 1.39. The molecule has 1 unspecified atom stereocenters. The molecule has 0 aromatic carbocycles. The van der Waals surface area contributed by atoms with Crippen molar-refractivity contribution in [3.63, 3.8) is 0 Å². The topological polar surface area (TPSA) is 76.2 Å². The maximum Gasteiger partial charge on any atom is 0.317 e. The maximum atomic E-state index is 11.0. The summed E-state index contributed by atoms with van der Waals surface area (Å²) in [7, 11) is 0. The van der Waals surface area contributed by atoms with E-state index < -0.39 is 5.97 Å². The quantitative estimate of drug-likeness (QED) is 0.760. The minimum atomic E-state index is -0.751. The number of hydrogen-bond donors (Lipinski definition) is 2. The molecule has 4 nitrogen and oxygen atoms in total. The Morgan fingerprint density at radius 1 is 1.67 bits per heavy atom. The smallest absolute Gasteiger partial charge is 0.317 e. The number of pyridine rings is 1. The van der Waals surface area contributed by atoms with E-state index in [4.69, 9.17) is 10.8 Å². The standard InChI is InChI=1S/C10H12N2O2S/c11-7-5-12-4-3-8(7)15-9(10(13)14)6-1-2-6/h3-6,9H,1-2,11H2,(H,13,14). The van der Waals surface area contributed by atoms with Crippen LogP contribution in [0.5, 0.6) is 0 Å². The maximum absolute atomic E-state index is 11.0. The van der Waals surface area contributed by atoms with Crippen LogP contribution in [0.1, 0.15) is 12.8 Å². The van der Waals surface area contributed by atoms with Gasteiger partial charge in [-0.15, -0.1) is 11.8 Å². The van der Waals surface area contributed by atoms with Crippen LogP contribution in [-0.2, 0) is 4.79 Å². The second kappa shape index (κ2) is 4.10. The summed E-state index contributed by atoms with van der Waals surface area (Å²) < 4.78 is 0. The lowest BCUT2D eigenvalue weighted by atomic mass is 10.3. The summed E-state index contributed by atoms with van der Waals surface area (Å²) >= 11 is 1.33. The third kappa shape index (κ3) is 2.41. The number of anilines is 1. The summed E-state index contributed by atoms with van der Waals surface area (Å²) in [5, 5.41) is 8.69. The number of nitrogens with zero attached hydrogens (tertiary/aromatic N) is 1. The molecule has 0 spiro atoms. The van der Waals surface area contributed by atoms with Gasteiger partial charge in [0.25, 0.3) is 0 Å². The van der Waals surface area contributed by atoms with Crippen LogP contribution in [0.15, 0.2) is 23.4 Å². The van der Waals surface area contributed by atoms with Gasteiger partial charge in [-0.05, 0) is 24.8 Å². The predicted molar refractivity (Wildman–Crippen MR) is 58.7 cm³/mol. The molecule has 15 heavy (non-hydrogen) atoms. The highest BCUT2D eigenvalue weighted by Crippen LogP contribution is 2.42. The second-order valence-electron chi connectivity index (χ2n) is 3.63. The molecule has 1 heterocycles. The highest BCUT2D eigenvalue weighted by atomic mass is 32.2. The average molecular weight is 224 g/mol. The van der Waals surface area contributed by atoms with Crippen molar-refractivity contribution in [2.75, 3.05) is 5.73 Å². The van der Waals surface area contributed by atoms with E-state index in [2.05, 4.69) is 4.98 Å². The minimum absolute atomic E-state index is 0.306. The molecule has 5 heteroatoms. The molecule has 0 saturated heterocycles. The van der Waals surface area contributed by atoms with Crippen LogP contribution in [0.2, 0.25) is 0 Å². The van der Waals surface area contributed by atoms with Crippen LogP contribution in [0, 0.1) is 5.92 Å². The molecule has 1 aliphatic rings. The van der Waals surface area contributed by atoms with Gasteiger partial charge in [-0.3, -0.25) is 9.78 Å². The summed E-state index contributed by atoms with van der Waals surface area (Å²) in [6.45, 7) is 0. The van der Waals surface area contributed by atoms with Crippen LogP contribution in [0.4, 0.5) is 5.69 Å². The Kier molecular flexibility index (Phi) is 2.81. The van der Waals surface area contributed by atoms with E-state index in [1.165, 1.54) is 11.8 Å². The van der Waals surface area contributed by atoms with Crippen molar-refractivity contribution in [2.45, 2.75) is 23.0 Å². The van der Waals surface area contributed by atoms with Crippen molar-refractivity contribution in [2.24, 2.45) is 5.92 Å². The highest BCUT2D eigenvalue weighted by Gasteiger charge is 2.37. The first kappa shape index (κ1) is 10.3. The number of thioether (sulfide) groups is 1. The number of nitrogen functional groups attached to an aromatic ring is 1. The first-order valence-electron chi connectivity index (χ1n) is 4.77. The average Bonchev–Trinajstić information content (AvgIpc) is 2.99. The van der Waals surface area contributed by atoms with Crippen molar-refractivity contribution < 1.29 is 9.90 Å². The molecule has 80 valence electrons. The van der Waals surface area contributed by atoms with Crippen molar-refractivity contribution in [3.05, 3.63) is 18.5 Å². The molecular weight excluding hydrogens is 212 g/mol. The first-order chi connectivity index (χ1) is 7.18. The number of carbonyl (C=O) groups is 1. The van der Waals surface area contributed by atoms with E-state index in [1.54, 1.807) is 18.5 Å². The number of carboxylic acids is 1. The molecule has 1 aromatic rings. The fraction of sp³-hybridized carbons (Fsp3) is 0.400. The van der Waals surface area contributed by atoms with Gasteiger partial charge in [-0.2, -0.15) is 0 Å². The lowest BCUT2D eigenvalue weighted by Crippen LogP contribution is -2.18. The minimum Gasteiger partial charge on any atom is -0.480 e. The molecule has 3 N–H and O–H groups in total. The monoisotopic (exact) mass is 224 g/mol. The first-order valence-corrected chi connectivity index (χ1v) is 5.65. The van der Waals surface area contributed by atoms with E-state index in [9.17, 15) is 4.79 Å². The van der Waals surface area contributed by atoms with E-state index >= 15 is 0 Å². The van der Waals surface area contributed by atoms with Crippen molar-refractivity contribution in [1.82, 2.24) is 4.98 Å². The molecule has 1 atom stereocenters. The van der Waals surface area contributed by atoms with E-state index in [0.29, 0.717) is 11.6 Å². The van der Waals surface area contributed by atoms with E-state index in [0.717, 1.165) is 17.7 Å². The third-order valence-corrected chi connectivity index (χ3v) is 3.82. The van der Waals surface area contributed by atoms with Crippen molar-refractivity contribution >= 4 is 23.4 Å². The normalized spacial score (nSPS) is 17.3. The van der Waals surface area contributed by atoms with E-state index in [-0.39, 0.29) is 5.25 Å². The third-order valence-electron chi connectivity index (χ3n) is 2.36. The Hall–Kier alpha value is -1.23. The fourth-order valence-corrected chi connectivity index (χ4v) is 2.55. The Bertz CT molecular complexity index is 379. The van der Waals surface area contributed by atoms with Gasteiger partial charge in [0.2, 0.25) is 0 Å².